The molecule has 5 rings (SSSR count). The van der Waals surface area contributed by atoms with Gasteiger partial charge in [-0.3, -0.25) is 9.36 Å². The molecule has 0 bridgehead atoms. The van der Waals surface area contributed by atoms with Gasteiger partial charge in [-0.05, 0) is 38.3 Å². The highest BCUT2D eigenvalue weighted by Gasteiger charge is 2.43. The zero-order valence-corrected chi connectivity index (χ0v) is 16.3. The summed E-state index contributed by atoms with van der Waals surface area (Å²) < 4.78 is 5.37. The Morgan fingerprint density at radius 3 is 2.59 bits per heavy atom. The molecule has 0 aliphatic heterocycles. The zero-order valence-electron chi connectivity index (χ0n) is 15.5. The Hall–Kier alpha value is -2.74. The first-order valence-corrected chi connectivity index (χ1v) is 9.23. The second-order valence-corrected chi connectivity index (χ2v) is 7.62. The number of fused-ring (bicyclic) bond motifs is 1. The minimum absolute atomic E-state index is 0.353. The minimum atomic E-state index is 0.353. The summed E-state index contributed by atoms with van der Waals surface area (Å²) in [4.78, 5) is 9.06. The molecule has 9 heteroatoms. The third-order valence-electron chi connectivity index (χ3n) is 5.13. The van der Waals surface area contributed by atoms with E-state index in [0.717, 1.165) is 34.8 Å². The van der Waals surface area contributed by atoms with Crippen LogP contribution in [0.4, 0.5) is 0 Å². The number of hydrogen-bond donors (Lipinski definition) is 0. The lowest BCUT2D eigenvalue weighted by molar-refractivity contribution is 0.742. The lowest BCUT2D eigenvalue weighted by atomic mass is 10.1. The van der Waals surface area contributed by atoms with E-state index in [2.05, 4.69) is 26.2 Å². The van der Waals surface area contributed by atoms with E-state index in [-0.39, 0.29) is 0 Å². The van der Waals surface area contributed by atoms with Gasteiger partial charge in [0, 0.05) is 43.2 Å². The predicted molar refractivity (Wildman–Crippen MR) is 101 cm³/mol. The lowest BCUT2D eigenvalue weighted by Crippen LogP contribution is -1.98. The molecule has 2 unspecified atom stereocenters. The molecule has 0 spiro atoms. The van der Waals surface area contributed by atoms with Crippen molar-refractivity contribution < 1.29 is 0 Å². The molecule has 8 nitrogen and oxygen atoms in total. The van der Waals surface area contributed by atoms with E-state index in [9.17, 15) is 0 Å². The van der Waals surface area contributed by atoms with Crippen molar-refractivity contribution >= 4 is 17.4 Å². The van der Waals surface area contributed by atoms with Crippen LogP contribution in [-0.2, 0) is 14.1 Å². The molecule has 1 aliphatic carbocycles. The average molecular weight is 383 g/mol. The van der Waals surface area contributed by atoms with Crippen LogP contribution in [0, 0.1) is 13.8 Å². The number of aromatic nitrogens is 8. The Morgan fingerprint density at radius 2 is 1.85 bits per heavy atom. The maximum Gasteiger partial charge on any atom is 0.253 e. The van der Waals surface area contributed by atoms with Crippen LogP contribution >= 0.6 is 11.6 Å². The van der Waals surface area contributed by atoms with Crippen LogP contribution in [0.25, 0.3) is 17.3 Å². The van der Waals surface area contributed by atoms with Gasteiger partial charge in [-0.2, -0.15) is 15.2 Å². The third kappa shape index (κ3) is 2.63. The SMILES string of the molecule is Cc1cc(C)n2nc(-c3cc(C4CC4c4cn(C)nc4Cl)nn3C)nc2n1. The van der Waals surface area contributed by atoms with Gasteiger partial charge in [0.05, 0.1) is 5.69 Å². The molecule has 0 amide bonds. The standard InChI is InChI=1S/C18H19ClN8/c1-9-5-10(2)27-18(20-9)21-17(24-27)15-7-14(22-26(15)4)12-6-11(12)13-8-25(3)23-16(13)19/h5,7-8,11-12H,6H2,1-4H3. The first-order valence-electron chi connectivity index (χ1n) is 8.85. The van der Waals surface area contributed by atoms with Crippen LogP contribution in [0.1, 0.15) is 40.9 Å². The minimum Gasteiger partial charge on any atom is -0.274 e. The largest absolute Gasteiger partial charge is 0.274 e. The summed E-state index contributed by atoms with van der Waals surface area (Å²) in [5.74, 6) is 1.96. The molecule has 1 saturated carbocycles. The smallest absolute Gasteiger partial charge is 0.253 e. The number of rotatable bonds is 3. The van der Waals surface area contributed by atoms with Gasteiger partial charge >= 0.3 is 0 Å². The van der Waals surface area contributed by atoms with Crippen molar-refractivity contribution in [2.75, 3.05) is 0 Å². The Bertz CT molecular complexity index is 1180. The average Bonchev–Trinajstić information content (AvgIpc) is 2.91. The van der Waals surface area contributed by atoms with Crippen molar-refractivity contribution in [3.05, 3.63) is 46.1 Å². The van der Waals surface area contributed by atoms with Crippen molar-refractivity contribution in [3.8, 4) is 11.5 Å². The van der Waals surface area contributed by atoms with Gasteiger partial charge in [0.1, 0.15) is 5.69 Å². The quantitative estimate of drug-likeness (QED) is 0.544. The van der Waals surface area contributed by atoms with E-state index < -0.39 is 0 Å². The van der Waals surface area contributed by atoms with Crippen molar-refractivity contribution in [1.29, 1.82) is 0 Å². The molecule has 0 radical (unpaired) electrons. The molecule has 4 aromatic heterocycles. The molecule has 0 N–H and O–H groups in total. The number of nitrogens with zero attached hydrogens (tertiary/aromatic N) is 8. The molecule has 0 saturated heterocycles. The number of halogens is 1. The molecular formula is C18H19ClN8. The van der Waals surface area contributed by atoms with E-state index in [1.165, 1.54) is 0 Å². The van der Waals surface area contributed by atoms with Crippen LogP contribution in [-0.4, -0.2) is 39.1 Å². The van der Waals surface area contributed by atoms with Crippen LogP contribution in [0.5, 0.6) is 0 Å². The third-order valence-corrected chi connectivity index (χ3v) is 5.42. The van der Waals surface area contributed by atoms with Gasteiger partial charge in [-0.1, -0.05) is 11.6 Å². The number of hydrogen-bond acceptors (Lipinski definition) is 5. The fourth-order valence-corrected chi connectivity index (χ4v) is 4.06. The fourth-order valence-electron chi connectivity index (χ4n) is 3.75. The van der Waals surface area contributed by atoms with Gasteiger partial charge in [0.15, 0.2) is 5.15 Å². The van der Waals surface area contributed by atoms with Crippen LogP contribution < -0.4 is 0 Å². The molecule has 4 aromatic rings. The van der Waals surface area contributed by atoms with E-state index >= 15 is 0 Å². The Kier molecular flexibility index (Phi) is 3.42. The van der Waals surface area contributed by atoms with Crippen LogP contribution in [0.15, 0.2) is 18.3 Å². The maximum absolute atomic E-state index is 6.25. The van der Waals surface area contributed by atoms with Gasteiger partial charge in [0.25, 0.3) is 5.78 Å². The summed E-state index contributed by atoms with van der Waals surface area (Å²) >= 11 is 6.25. The predicted octanol–water partition coefficient (Wildman–Crippen LogP) is 2.80. The van der Waals surface area contributed by atoms with Crippen molar-refractivity contribution in [2.24, 2.45) is 14.1 Å². The highest BCUT2D eigenvalue weighted by molar-refractivity contribution is 6.30. The van der Waals surface area contributed by atoms with Gasteiger partial charge in [-0.25, -0.2) is 9.50 Å². The maximum atomic E-state index is 6.25. The zero-order chi connectivity index (χ0) is 18.9. The van der Waals surface area contributed by atoms with E-state index in [0.29, 0.717) is 28.6 Å². The molecule has 2 atom stereocenters. The van der Waals surface area contributed by atoms with Gasteiger partial charge in [-0.15, -0.1) is 5.10 Å². The van der Waals surface area contributed by atoms with Crippen molar-refractivity contribution in [1.82, 2.24) is 39.1 Å². The molecule has 0 aromatic carbocycles. The first-order chi connectivity index (χ1) is 12.9. The van der Waals surface area contributed by atoms with E-state index in [4.69, 9.17) is 16.7 Å². The topological polar surface area (TPSA) is 78.7 Å². The highest BCUT2D eigenvalue weighted by atomic mass is 35.5. The van der Waals surface area contributed by atoms with Crippen molar-refractivity contribution in [2.45, 2.75) is 32.1 Å². The second kappa shape index (κ2) is 5.63. The fraction of sp³-hybridized carbons (Fsp3) is 0.389. The Morgan fingerprint density at radius 1 is 1.04 bits per heavy atom. The molecule has 1 fully saturated rings. The van der Waals surface area contributed by atoms with Crippen LogP contribution in [0.2, 0.25) is 5.15 Å². The Labute approximate surface area is 160 Å². The first kappa shape index (κ1) is 16.4. The van der Waals surface area contributed by atoms with Crippen LogP contribution in [0.3, 0.4) is 0 Å². The van der Waals surface area contributed by atoms with Gasteiger partial charge < -0.3 is 0 Å². The lowest BCUT2D eigenvalue weighted by Gasteiger charge is -1.97. The normalized spacial score (nSPS) is 19.1. The summed E-state index contributed by atoms with van der Waals surface area (Å²) in [6.45, 7) is 3.96. The molecule has 4 heterocycles. The summed E-state index contributed by atoms with van der Waals surface area (Å²) in [6, 6.07) is 4.07. The number of aryl methyl sites for hydroxylation is 4. The highest BCUT2D eigenvalue weighted by Crippen LogP contribution is 2.55. The second-order valence-electron chi connectivity index (χ2n) is 7.26. The van der Waals surface area contributed by atoms with E-state index in [1.54, 1.807) is 9.20 Å². The monoisotopic (exact) mass is 382 g/mol. The molecular weight excluding hydrogens is 364 g/mol. The summed E-state index contributed by atoms with van der Waals surface area (Å²) in [6.07, 6.45) is 3.03. The summed E-state index contributed by atoms with van der Waals surface area (Å²) in [5.41, 5.74) is 4.95. The summed E-state index contributed by atoms with van der Waals surface area (Å²) in [5, 5.41) is 14.1. The Balaban J connectivity index is 1.49. The molecule has 27 heavy (non-hydrogen) atoms. The summed E-state index contributed by atoms with van der Waals surface area (Å²) in [7, 11) is 3.81. The molecule has 138 valence electrons. The van der Waals surface area contributed by atoms with Gasteiger partial charge in [0.2, 0.25) is 5.82 Å². The molecule has 1 aliphatic rings. The van der Waals surface area contributed by atoms with Crippen molar-refractivity contribution in [3.63, 3.8) is 0 Å². The van der Waals surface area contributed by atoms with E-state index in [1.807, 2.05) is 44.9 Å².